The Morgan fingerprint density at radius 3 is 2.30 bits per heavy atom. The zero-order chi connectivity index (χ0) is 14.8. The summed E-state index contributed by atoms with van der Waals surface area (Å²) in [6.07, 6.45) is 0. The van der Waals surface area contributed by atoms with E-state index < -0.39 is 17.3 Å². The molecule has 2 aromatic rings. The zero-order valence-electron chi connectivity index (χ0n) is 11.5. The highest BCUT2D eigenvalue weighted by Crippen LogP contribution is 2.27. The summed E-state index contributed by atoms with van der Waals surface area (Å²) in [4.78, 5) is 11.9. The maximum atomic E-state index is 13.7. The predicted molar refractivity (Wildman–Crippen MR) is 77.7 cm³/mol. The first-order chi connectivity index (χ1) is 9.43. The van der Waals surface area contributed by atoms with E-state index >= 15 is 0 Å². The van der Waals surface area contributed by atoms with Gasteiger partial charge >= 0.3 is 0 Å². The number of carbonyl (C=O) groups excluding carboxylic acids is 1. The highest BCUT2D eigenvalue weighted by atomic mass is 19.1. The summed E-state index contributed by atoms with van der Waals surface area (Å²) in [6.45, 7) is 3.60. The molecule has 0 aliphatic rings. The van der Waals surface area contributed by atoms with Crippen LogP contribution in [-0.4, -0.2) is 5.91 Å². The normalized spacial score (nSPS) is 13.6. The van der Waals surface area contributed by atoms with Crippen LogP contribution in [0.5, 0.6) is 0 Å². The first-order valence-corrected chi connectivity index (χ1v) is 6.33. The number of carbonyl (C=O) groups is 1. The average Bonchev–Trinajstić information content (AvgIpc) is 2.42. The minimum Gasteiger partial charge on any atom is -0.367 e. The molecule has 2 rings (SSSR count). The van der Waals surface area contributed by atoms with E-state index in [0.29, 0.717) is 5.56 Å². The molecule has 20 heavy (non-hydrogen) atoms. The fourth-order valence-corrected chi connectivity index (χ4v) is 1.99. The number of amides is 1. The SMILES string of the molecule is Cc1ccc(C(C)(Nc2ccccc2F)C(N)=O)cc1. The monoisotopic (exact) mass is 272 g/mol. The van der Waals surface area contributed by atoms with Gasteiger partial charge in [0.15, 0.2) is 0 Å². The van der Waals surface area contributed by atoms with Crippen molar-refractivity contribution in [3.63, 3.8) is 0 Å². The van der Waals surface area contributed by atoms with Crippen LogP contribution < -0.4 is 11.1 Å². The number of halogens is 1. The van der Waals surface area contributed by atoms with E-state index in [-0.39, 0.29) is 5.69 Å². The Labute approximate surface area is 117 Å². The lowest BCUT2D eigenvalue weighted by atomic mass is 9.90. The fourth-order valence-electron chi connectivity index (χ4n) is 1.99. The second kappa shape index (κ2) is 5.33. The number of anilines is 1. The summed E-state index contributed by atoms with van der Waals surface area (Å²) in [6, 6.07) is 13.6. The lowest BCUT2D eigenvalue weighted by Gasteiger charge is -2.29. The Balaban J connectivity index is 2.43. The molecule has 3 N–H and O–H groups in total. The van der Waals surface area contributed by atoms with Gasteiger partial charge in [-0.2, -0.15) is 0 Å². The number of hydrogen-bond acceptors (Lipinski definition) is 2. The summed E-state index contributed by atoms with van der Waals surface area (Å²) in [7, 11) is 0. The van der Waals surface area contributed by atoms with Gasteiger partial charge in [0.25, 0.3) is 0 Å². The molecule has 0 saturated carbocycles. The number of benzene rings is 2. The Bertz CT molecular complexity index is 625. The summed E-state index contributed by atoms with van der Waals surface area (Å²) in [5, 5.41) is 2.91. The van der Waals surface area contributed by atoms with Crippen LogP contribution in [0.25, 0.3) is 0 Å². The van der Waals surface area contributed by atoms with Crippen molar-refractivity contribution in [1.29, 1.82) is 0 Å². The van der Waals surface area contributed by atoms with Crippen LogP contribution >= 0.6 is 0 Å². The van der Waals surface area contributed by atoms with E-state index in [1.807, 2.05) is 31.2 Å². The number of aryl methyl sites for hydroxylation is 1. The lowest BCUT2D eigenvalue weighted by Crippen LogP contribution is -2.45. The van der Waals surface area contributed by atoms with E-state index in [9.17, 15) is 9.18 Å². The van der Waals surface area contributed by atoms with Gasteiger partial charge in [0.1, 0.15) is 11.4 Å². The minimum absolute atomic E-state index is 0.245. The maximum absolute atomic E-state index is 13.7. The molecule has 0 spiro atoms. The number of para-hydroxylation sites is 1. The summed E-state index contributed by atoms with van der Waals surface area (Å²) < 4.78 is 13.7. The van der Waals surface area contributed by atoms with E-state index in [1.54, 1.807) is 25.1 Å². The summed E-state index contributed by atoms with van der Waals surface area (Å²) in [5.74, 6) is -0.989. The summed E-state index contributed by atoms with van der Waals surface area (Å²) >= 11 is 0. The molecule has 3 nitrogen and oxygen atoms in total. The van der Waals surface area contributed by atoms with Crippen molar-refractivity contribution in [3.8, 4) is 0 Å². The van der Waals surface area contributed by atoms with Crippen LogP contribution in [0.3, 0.4) is 0 Å². The molecule has 0 aromatic heterocycles. The van der Waals surface area contributed by atoms with Crippen molar-refractivity contribution in [2.24, 2.45) is 5.73 Å². The molecular formula is C16H17FN2O. The predicted octanol–water partition coefficient (Wildman–Crippen LogP) is 2.95. The molecule has 0 radical (unpaired) electrons. The van der Waals surface area contributed by atoms with Crippen LogP contribution in [0.2, 0.25) is 0 Å². The lowest BCUT2D eigenvalue weighted by molar-refractivity contribution is -0.122. The molecule has 1 atom stereocenters. The second-order valence-electron chi connectivity index (χ2n) is 4.96. The molecule has 4 heteroatoms. The van der Waals surface area contributed by atoms with E-state index in [2.05, 4.69) is 5.32 Å². The molecule has 0 bridgehead atoms. The largest absolute Gasteiger partial charge is 0.367 e. The van der Waals surface area contributed by atoms with Crippen LogP contribution in [-0.2, 0) is 10.3 Å². The Morgan fingerprint density at radius 2 is 1.75 bits per heavy atom. The van der Waals surface area contributed by atoms with Gasteiger partial charge in [-0.25, -0.2) is 4.39 Å². The van der Waals surface area contributed by atoms with Crippen molar-refractivity contribution in [2.75, 3.05) is 5.32 Å². The molecule has 0 heterocycles. The highest BCUT2D eigenvalue weighted by Gasteiger charge is 2.33. The smallest absolute Gasteiger partial charge is 0.247 e. The standard InChI is InChI=1S/C16H17FN2O/c1-11-7-9-12(10-8-11)16(2,15(18)20)19-14-6-4-3-5-13(14)17/h3-10,19H,1-2H3,(H2,18,20). The molecular weight excluding hydrogens is 255 g/mol. The van der Waals surface area contributed by atoms with Crippen LogP contribution in [0.15, 0.2) is 48.5 Å². The van der Waals surface area contributed by atoms with Gasteiger partial charge in [-0.1, -0.05) is 42.0 Å². The van der Waals surface area contributed by atoms with Gasteiger partial charge in [-0.15, -0.1) is 0 Å². The number of nitrogens with one attached hydrogen (secondary N) is 1. The van der Waals surface area contributed by atoms with Crippen molar-refractivity contribution in [1.82, 2.24) is 0 Å². The first-order valence-electron chi connectivity index (χ1n) is 6.33. The number of hydrogen-bond donors (Lipinski definition) is 2. The van der Waals surface area contributed by atoms with Gasteiger partial charge in [0.2, 0.25) is 5.91 Å². The minimum atomic E-state index is -1.17. The third-order valence-corrected chi connectivity index (χ3v) is 3.38. The molecule has 0 saturated heterocycles. The molecule has 2 aromatic carbocycles. The third-order valence-electron chi connectivity index (χ3n) is 3.38. The zero-order valence-corrected chi connectivity index (χ0v) is 11.5. The maximum Gasteiger partial charge on any atom is 0.247 e. The third kappa shape index (κ3) is 2.64. The number of nitrogens with two attached hydrogens (primary N) is 1. The number of rotatable bonds is 4. The summed E-state index contributed by atoms with van der Waals surface area (Å²) in [5.41, 5.74) is 6.36. The first kappa shape index (κ1) is 14.1. The van der Waals surface area contributed by atoms with E-state index in [0.717, 1.165) is 5.56 Å². The molecule has 0 fully saturated rings. The molecule has 104 valence electrons. The van der Waals surface area contributed by atoms with Crippen molar-refractivity contribution >= 4 is 11.6 Å². The number of primary amides is 1. The quantitative estimate of drug-likeness (QED) is 0.899. The van der Waals surface area contributed by atoms with Crippen molar-refractivity contribution in [2.45, 2.75) is 19.4 Å². The average molecular weight is 272 g/mol. The van der Waals surface area contributed by atoms with Gasteiger partial charge < -0.3 is 11.1 Å². The molecule has 0 aliphatic heterocycles. The second-order valence-corrected chi connectivity index (χ2v) is 4.96. The van der Waals surface area contributed by atoms with Crippen molar-refractivity contribution in [3.05, 3.63) is 65.5 Å². The van der Waals surface area contributed by atoms with Gasteiger partial charge in [-0.05, 0) is 31.5 Å². The molecule has 1 amide bonds. The van der Waals surface area contributed by atoms with Crippen LogP contribution in [0, 0.1) is 12.7 Å². The van der Waals surface area contributed by atoms with Crippen LogP contribution in [0.4, 0.5) is 10.1 Å². The Kier molecular flexibility index (Phi) is 3.74. The Hall–Kier alpha value is -2.36. The van der Waals surface area contributed by atoms with E-state index in [1.165, 1.54) is 6.07 Å². The van der Waals surface area contributed by atoms with Crippen LogP contribution in [0.1, 0.15) is 18.1 Å². The topological polar surface area (TPSA) is 55.1 Å². The van der Waals surface area contributed by atoms with E-state index in [4.69, 9.17) is 5.73 Å². The highest BCUT2D eigenvalue weighted by molar-refractivity contribution is 5.89. The fraction of sp³-hybridized carbons (Fsp3) is 0.188. The molecule has 1 unspecified atom stereocenters. The van der Waals surface area contributed by atoms with Gasteiger partial charge in [0.05, 0.1) is 5.69 Å². The van der Waals surface area contributed by atoms with Crippen molar-refractivity contribution < 1.29 is 9.18 Å². The van der Waals surface area contributed by atoms with Gasteiger partial charge in [-0.3, -0.25) is 4.79 Å². The van der Waals surface area contributed by atoms with Gasteiger partial charge in [0, 0.05) is 0 Å². The molecule has 0 aliphatic carbocycles. The Morgan fingerprint density at radius 1 is 1.15 bits per heavy atom.